The summed E-state index contributed by atoms with van der Waals surface area (Å²) in [7, 11) is 11.6. The van der Waals surface area contributed by atoms with Gasteiger partial charge < -0.3 is 45.6 Å². The maximum Gasteiger partial charge on any atom is 0.296 e. The molecule has 1 aromatic heterocycles. The lowest BCUT2D eigenvalue weighted by atomic mass is 10.2. The van der Waals surface area contributed by atoms with Gasteiger partial charge in [-0.15, -0.1) is 0 Å². The summed E-state index contributed by atoms with van der Waals surface area (Å²) >= 11 is 0. The van der Waals surface area contributed by atoms with Crippen LogP contribution in [0.25, 0.3) is 11.0 Å². The molecule has 280 valence electrons. The fraction of sp³-hybridized carbons (Fsp3) is 0.286. The van der Waals surface area contributed by atoms with Crippen molar-refractivity contribution in [1.82, 2.24) is 9.55 Å². The summed E-state index contributed by atoms with van der Waals surface area (Å²) in [6.45, 7) is 0. The Morgan fingerprint density at radius 1 is 0.627 bits per heavy atom. The smallest absolute Gasteiger partial charge is 0.296 e. The Morgan fingerprint density at radius 3 is 1.53 bits per heavy atom. The van der Waals surface area contributed by atoms with Crippen LogP contribution in [0.15, 0.2) is 79.1 Å². The van der Waals surface area contributed by atoms with E-state index in [9.17, 15) is 20.2 Å². The van der Waals surface area contributed by atoms with Crippen molar-refractivity contribution in [2.24, 2.45) is 7.05 Å². The van der Waals surface area contributed by atoms with Crippen LogP contribution in [0.3, 0.4) is 0 Å². The molecule has 16 nitrogen and oxygen atoms in total. The van der Waals surface area contributed by atoms with Gasteiger partial charge in [0.05, 0.1) is 79.2 Å². The Morgan fingerprint density at radius 2 is 1.06 bits per heavy atom. The van der Waals surface area contributed by atoms with Gasteiger partial charge in [0.1, 0.15) is 34.4 Å². The van der Waals surface area contributed by atoms with Crippen LogP contribution in [-0.4, -0.2) is 61.9 Å². The maximum absolute atomic E-state index is 10.6. The number of fused-ring (bicyclic) bond motifs is 1. The predicted molar refractivity (Wildman–Crippen MR) is 208 cm³/mol. The molecule has 0 spiro atoms. The quantitative estimate of drug-likeness (QED) is 0.0691. The number of nitro benzene ring substituents is 2. The highest BCUT2D eigenvalue weighted by atomic mass is 16.6. The van der Waals surface area contributed by atoms with E-state index < -0.39 is 9.85 Å². The summed E-state index contributed by atoms with van der Waals surface area (Å²) in [5.41, 5.74) is 15.2. The molecule has 0 unspecified atom stereocenters. The number of nitrogens with zero attached hydrogens (tertiary/aromatic N) is 4. The van der Waals surface area contributed by atoms with Gasteiger partial charge in [0.15, 0.2) is 0 Å². The van der Waals surface area contributed by atoms with Crippen LogP contribution < -0.4 is 41.0 Å². The van der Waals surface area contributed by atoms with Gasteiger partial charge in [-0.25, -0.2) is 4.98 Å². The number of aryl methyl sites for hydroxylation is 1. The molecule has 6 N–H and O–H groups in total. The second kappa shape index (κ2) is 23.0. The van der Waals surface area contributed by atoms with E-state index in [1.54, 1.807) is 51.9 Å². The summed E-state index contributed by atoms with van der Waals surface area (Å²) in [6, 6.07) is 20.3. The molecule has 4 aromatic carbocycles. The second-order valence-corrected chi connectivity index (χ2v) is 9.49. The van der Waals surface area contributed by atoms with Crippen molar-refractivity contribution in [3.8, 4) is 23.0 Å². The molecule has 0 saturated carbocycles. The van der Waals surface area contributed by atoms with Gasteiger partial charge in [-0.1, -0.05) is 22.3 Å². The maximum atomic E-state index is 10.6. The molecule has 1 heterocycles. The second-order valence-electron chi connectivity index (χ2n) is 9.49. The minimum Gasteiger partial charge on any atom is -0.497 e. The van der Waals surface area contributed by atoms with Gasteiger partial charge in [-0.3, -0.25) is 20.2 Å². The molecule has 0 atom stereocenters. The van der Waals surface area contributed by atoms with Crippen LogP contribution in [0.1, 0.15) is 22.3 Å². The van der Waals surface area contributed by atoms with Gasteiger partial charge >= 0.3 is 0 Å². The number of anilines is 4. The molecule has 0 aliphatic rings. The van der Waals surface area contributed by atoms with Crippen LogP contribution in [0.5, 0.6) is 23.0 Å². The lowest BCUT2D eigenvalue weighted by Crippen LogP contribution is -1.96. The number of benzene rings is 4. The third-order valence-electron chi connectivity index (χ3n) is 6.57. The van der Waals surface area contributed by atoms with E-state index in [1.807, 2.05) is 49.0 Å². The van der Waals surface area contributed by atoms with E-state index in [4.69, 9.17) is 30.4 Å². The van der Waals surface area contributed by atoms with E-state index >= 15 is 0 Å². The number of methoxy groups -OCH3 is 4. The van der Waals surface area contributed by atoms with Crippen molar-refractivity contribution in [2.45, 2.75) is 22.3 Å². The first-order valence-electron chi connectivity index (χ1n) is 14.1. The summed E-state index contributed by atoms with van der Waals surface area (Å²) < 4.78 is 21.7. The lowest BCUT2D eigenvalue weighted by molar-refractivity contribution is -0.384. The Labute approximate surface area is 299 Å². The van der Waals surface area contributed by atoms with Crippen molar-refractivity contribution >= 4 is 45.2 Å². The number of hydrogen-bond donors (Lipinski definition) is 4. The molecule has 0 fully saturated rings. The zero-order valence-electron chi connectivity index (χ0n) is 27.7. The van der Waals surface area contributed by atoms with Gasteiger partial charge in [-0.2, -0.15) is 0 Å². The number of ether oxygens (including phenoxy) is 4. The lowest BCUT2D eigenvalue weighted by Gasteiger charge is -2.05. The van der Waals surface area contributed by atoms with Crippen LogP contribution >= 0.6 is 0 Å². The number of aromatic nitrogens is 2. The molecule has 5 rings (SSSR count). The van der Waals surface area contributed by atoms with Crippen molar-refractivity contribution in [2.75, 3.05) is 64.6 Å². The van der Waals surface area contributed by atoms with Crippen molar-refractivity contribution in [1.29, 1.82) is 0 Å². The van der Waals surface area contributed by atoms with Crippen LogP contribution in [0, 0.1) is 20.2 Å². The monoisotopic (exact) mass is 712 g/mol. The molecule has 0 aliphatic carbocycles. The number of nitrogen functional groups attached to an aromatic ring is 2. The molecule has 0 saturated heterocycles. The summed E-state index contributed by atoms with van der Waals surface area (Å²) in [6.07, 6.45) is 1.80. The Hall–Kier alpha value is -6.45. The molecule has 0 radical (unpaired) electrons. The zero-order valence-corrected chi connectivity index (χ0v) is 27.7. The molecular formula is C35H52N8O8. The fourth-order valence-corrected chi connectivity index (χ4v) is 3.95. The van der Waals surface area contributed by atoms with Crippen LogP contribution in [-0.2, 0) is 7.05 Å². The Bertz CT molecular complexity index is 1810. The first kappa shape index (κ1) is 46.7. The van der Waals surface area contributed by atoms with Gasteiger partial charge in [0.2, 0.25) is 0 Å². The molecule has 16 heteroatoms. The molecule has 5 aromatic rings. The first-order valence-corrected chi connectivity index (χ1v) is 14.1. The molecule has 0 aliphatic heterocycles. The van der Waals surface area contributed by atoms with E-state index in [1.165, 1.54) is 32.4 Å². The number of nitrogens with one attached hydrogen (secondary N) is 2. The number of nitro groups is 2. The SMILES string of the molecule is C.C.C.CNc1ccc(OC)cc1N.CNc1ccc(OC)cc1[N+](=O)[O-].COc1ccc(N)c([N+](=O)[O-])c1.COc1ccc2c(c1)ncn2C. The van der Waals surface area contributed by atoms with Crippen LogP contribution in [0.2, 0.25) is 0 Å². The number of nitrogens with two attached hydrogens (primary N) is 2. The highest BCUT2D eigenvalue weighted by molar-refractivity contribution is 5.76. The molecular weight excluding hydrogens is 660 g/mol. The summed E-state index contributed by atoms with van der Waals surface area (Å²) in [5, 5.41) is 26.6. The summed E-state index contributed by atoms with van der Waals surface area (Å²) in [5.74, 6) is 2.53. The van der Waals surface area contributed by atoms with Crippen LogP contribution in [0.4, 0.5) is 34.1 Å². The van der Waals surface area contributed by atoms with Gasteiger partial charge in [0, 0.05) is 33.3 Å². The minimum absolute atomic E-state index is 0. The molecule has 0 bridgehead atoms. The van der Waals surface area contributed by atoms with Gasteiger partial charge in [-0.05, 0) is 48.5 Å². The predicted octanol–water partition coefficient (Wildman–Crippen LogP) is 7.64. The van der Waals surface area contributed by atoms with Crippen molar-refractivity contribution in [3.63, 3.8) is 0 Å². The van der Waals surface area contributed by atoms with Crippen molar-refractivity contribution < 1.29 is 28.8 Å². The first-order chi connectivity index (χ1) is 22.9. The number of imidazole rings is 1. The minimum atomic E-state index is -0.544. The average molecular weight is 713 g/mol. The highest BCUT2D eigenvalue weighted by Gasteiger charge is 2.13. The third kappa shape index (κ3) is 13.5. The average Bonchev–Trinajstić information content (AvgIpc) is 3.48. The third-order valence-corrected chi connectivity index (χ3v) is 6.57. The topological polar surface area (TPSA) is 217 Å². The summed E-state index contributed by atoms with van der Waals surface area (Å²) in [4.78, 5) is 24.1. The highest BCUT2D eigenvalue weighted by Crippen LogP contribution is 2.28. The number of hydrogen-bond acceptors (Lipinski definition) is 13. The van der Waals surface area contributed by atoms with E-state index in [-0.39, 0.29) is 39.3 Å². The normalized spacial score (nSPS) is 9.08. The van der Waals surface area contributed by atoms with E-state index in [0.29, 0.717) is 22.9 Å². The molecule has 51 heavy (non-hydrogen) atoms. The Balaban J connectivity index is 0. The fourth-order valence-electron chi connectivity index (χ4n) is 3.95. The van der Waals surface area contributed by atoms with E-state index in [2.05, 4.69) is 15.6 Å². The zero-order chi connectivity index (χ0) is 35.8. The molecule has 0 amide bonds. The number of rotatable bonds is 8. The van der Waals surface area contributed by atoms with E-state index in [0.717, 1.165) is 28.2 Å². The largest absolute Gasteiger partial charge is 0.497 e. The standard InChI is InChI=1S/C9H10N2O.C8H10N2O3.C8H12N2O.C7H8N2O3.3CH4/c1-11-6-10-8-5-7(12-2)3-4-9(8)11;1-9-7-4-3-6(13-2)5-8(7)10(11)12;1-10-8-4-3-6(11-2)5-7(8)9;1-12-5-2-3-6(8)7(4-5)9(10)11;;;/h3-6H,1-2H3;3-5,9H,1-2H3;3-5,10H,9H2,1-2H3;2-4H,8H2,1H3;3*1H4. The van der Waals surface area contributed by atoms with Gasteiger partial charge in [0.25, 0.3) is 11.4 Å². The Kier molecular flexibility index (Phi) is 21.0. The van der Waals surface area contributed by atoms with Crippen molar-refractivity contribution in [3.05, 3.63) is 99.4 Å².